The molecule has 0 spiro atoms. The molecule has 0 bridgehead atoms. The number of thioether (sulfide) groups is 1. The molecule has 7 nitrogen and oxygen atoms in total. The molecule has 1 N–H and O–H groups in total. The lowest BCUT2D eigenvalue weighted by atomic mass is 10.1. The van der Waals surface area contributed by atoms with Crippen molar-refractivity contribution in [3.05, 3.63) is 57.1 Å². The smallest absolute Gasteiger partial charge is 0.311 e. The van der Waals surface area contributed by atoms with E-state index in [-0.39, 0.29) is 17.0 Å². The zero-order valence-electron chi connectivity index (χ0n) is 15.3. The summed E-state index contributed by atoms with van der Waals surface area (Å²) in [6, 6.07) is 9.50. The molecule has 28 heavy (non-hydrogen) atoms. The minimum Gasteiger partial charge on any atom is -0.487 e. The van der Waals surface area contributed by atoms with Gasteiger partial charge in [0.25, 0.3) is 5.91 Å². The monoisotopic (exact) mass is 421 g/mol. The van der Waals surface area contributed by atoms with Gasteiger partial charge in [-0.15, -0.1) is 0 Å². The van der Waals surface area contributed by atoms with Crippen LogP contribution in [0.5, 0.6) is 5.75 Å². The van der Waals surface area contributed by atoms with Gasteiger partial charge in [-0.25, -0.2) is 0 Å². The molecule has 1 amide bonds. The van der Waals surface area contributed by atoms with Crippen LogP contribution >= 0.6 is 23.4 Å². The quantitative estimate of drug-likeness (QED) is 0.547. The predicted octanol–water partition coefficient (Wildman–Crippen LogP) is 4.45. The summed E-state index contributed by atoms with van der Waals surface area (Å²) in [7, 11) is 0. The molecule has 2 aromatic rings. The molecule has 9 heteroatoms. The first-order chi connectivity index (χ1) is 13.5. The number of carbonyl (C=O) groups excluding carboxylic acids is 1. The molecule has 148 valence electrons. The lowest BCUT2D eigenvalue weighted by molar-refractivity contribution is -0.385. The summed E-state index contributed by atoms with van der Waals surface area (Å²) in [4.78, 5) is 25.4. The van der Waals surface area contributed by atoms with Crippen molar-refractivity contribution < 1.29 is 14.5 Å². The first-order valence-corrected chi connectivity index (χ1v) is 10.4. The Morgan fingerprint density at radius 3 is 2.68 bits per heavy atom. The SMILES string of the molecule is CCOc1ccc(C(=O)Nc2ccc(N3CCSCC3)c(Cl)c2)cc1[N+](=O)[O-]. The number of benzene rings is 2. The Balaban J connectivity index is 1.76. The third-order valence-electron chi connectivity index (χ3n) is 4.27. The van der Waals surface area contributed by atoms with E-state index in [1.165, 1.54) is 18.2 Å². The average molecular weight is 422 g/mol. The number of rotatable bonds is 6. The van der Waals surface area contributed by atoms with Crippen molar-refractivity contribution in [1.29, 1.82) is 0 Å². The van der Waals surface area contributed by atoms with E-state index >= 15 is 0 Å². The Kier molecular flexibility index (Phi) is 6.64. The number of anilines is 2. The maximum Gasteiger partial charge on any atom is 0.311 e. The second kappa shape index (κ2) is 9.16. The van der Waals surface area contributed by atoms with Crippen LogP contribution in [0.25, 0.3) is 0 Å². The van der Waals surface area contributed by atoms with Crippen LogP contribution in [0.1, 0.15) is 17.3 Å². The van der Waals surface area contributed by atoms with Crippen molar-refractivity contribution in [2.24, 2.45) is 0 Å². The first-order valence-electron chi connectivity index (χ1n) is 8.84. The normalized spacial score (nSPS) is 13.9. The molecule has 1 aliphatic heterocycles. The molecule has 3 rings (SSSR count). The van der Waals surface area contributed by atoms with Gasteiger partial charge in [0.15, 0.2) is 5.75 Å². The van der Waals surface area contributed by atoms with E-state index in [1.807, 2.05) is 17.8 Å². The van der Waals surface area contributed by atoms with Crippen molar-refractivity contribution >= 4 is 46.3 Å². The highest BCUT2D eigenvalue weighted by atomic mass is 35.5. The van der Waals surface area contributed by atoms with E-state index in [1.54, 1.807) is 19.1 Å². The number of ether oxygens (including phenoxy) is 1. The Bertz CT molecular complexity index is 887. The van der Waals surface area contributed by atoms with Crippen molar-refractivity contribution in [1.82, 2.24) is 0 Å². The molecular weight excluding hydrogens is 402 g/mol. The standard InChI is InChI=1S/C19H20ClN3O4S/c1-2-27-18-6-3-13(11-17(18)23(25)26)19(24)21-14-4-5-16(15(20)12-14)22-7-9-28-10-8-22/h3-6,11-12H,2,7-10H2,1H3,(H,21,24). The largest absolute Gasteiger partial charge is 0.487 e. The van der Waals surface area contributed by atoms with Gasteiger partial charge < -0.3 is 15.0 Å². The number of carbonyl (C=O) groups is 1. The summed E-state index contributed by atoms with van der Waals surface area (Å²) in [6.07, 6.45) is 0. The predicted molar refractivity (Wildman–Crippen MR) is 113 cm³/mol. The minimum absolute atomic E-state index is 0.135. The van der Waals surface area contributed by atoms with Crippen LogP contribution in [-0.4, -0.2) is 42.0 Å². The number of halogens is 1. The van der Waals surface area contributed by atoms with Crippen LogP contribution in [0.4, 0.5) is 17.1 Å². The van der Waals surface area contributed by atoms with Gasteiger partial charge >= 0.3 is 5.69 Å². The fourth-order valence-corrected chi connectivity index (χ4v) is 4.13. The molecule has 1 fully saturated rings. The molecule has 1 saturated heterocycles. The summed E-state index contributed by atoms with van der Waals surface area (Å²) >= 11 is 8.33. The molecule has 1 heterocycles. The number of nitro groups is 1. The number of nitrogens with one attached hydrogen (secondary N) is 1. The van der Waals surface area contributed by atoms with Crippen LogP contribution in [0.3, 0.4) is 0 Å². The average Bonchev–Trinajstić information content (AvgIpc) is 2.69. The molecule has 1 aliphatic rings. The Morgan fingerprint density at radius 2 is 2.04 bits per heavy atom. The van der Waals surface area contributed by atoms with Crippen molar-refractivity contribution in [2.45, 2.75) is 6.92 Å². The fraction of sp³-hybridized carbons (Fsp3) is 0.316. The van der Waals surface area contributed by atoms with Crippen LogP contribution in [0.2, 0.25) is 5.02 Å². The molecule has 0 atom stereocenters. The third kappa shape index (κ3) is 4.69. The van der Waals surface area contributed by atoms with E-state index in [9.17, 15) is 14.9 Å². The maximum atomic E-state index is 12.5. The third-order valence-corrected chi connectivity index (χ3v) is 5.52. The van der Waals surface area contributed by atoms with Gasteiger partial charge in [0.05, 0.1) is 22.2 Å². The second-order valence-electron chi connectivity index (χ2n) is 6.09. The topological polar surface area (TPSA) is 84.7 Å². The highest BCUT2D eigenvalue weighted by Gasteiger charge is 2.19. The zero-order chi connectivity index (χ0) is 20.1. The summed E-state index contributed by atoms with van der Waals surface area (Å²) in [5, 5.41) is 14.5. The van der Waals surface area contributed by atoms with Gasteiger partial charge in [0.2, 0.25) is 0 Å². The second-order valence-corrected chi connectivity index (χ2v) is 7.72. The lowest BCUT2D eigenvalue weighted by Crippen LogP contribution is -2.32. The summed E-state index contributed by atoms with van der Waals surface area (Å²) in [5.74, 6) is 1.80. The maximum absolute atomic E-state index is 12.5. The number of hydrogen-bond donors (Lipinski definition) is 1. The van der Waals surface area contributed by atoms with E-state index in [0.717, 1.165) is 30.3 Å². The van der Waals surface area contributed by atoms with Gasteiger partial charge in [0, 0.05) is 41.9 Å². The van der Waals surface area contributed by atoms with Gasteiger partial charge in [0.1, 0.15) is 0 Å². The highest BCUT2D eigenvalue weighted by molar-refractivity contribution is 7.99. The number of hydrogen-bond acceptors (Lipinski definition) is 6. The molecule has 0 aromatic heterocycles. The summed E-state index contributed by atoms with van der Waals surface area (Å²) in [5.41, 5.74) is 1.40. The minimum atomic E-state index is -0.565. The van der Waals surface area contributed by atoms with Crippen molar-refractivity contribution in [3.63, 3.8) is 0 Å². The van der Waals surface area contributed by atoms with Gasteiger partial charge in [-0.3, -0.25) is 14.9 Å². The van der Waals surface area contributed by atoms with Crippen LogP contribution in [-0.2, 0) is 0 Å². The Labute approximate surface area is 172 Å². The van der Waals surface area contributed by atoms with E-state index in [2.05, 4.69) is 10.2 Å². The number of nitrogens with zero attached hydrogens (tertiary/aromatic N) is 2. The zero-order valence-corrected chi connectivity index (χ0v) is 16.9. The summed E-state index contributed by atoms with van der Waals surface area (Å²) < 4.78 is 5.24. The molecule has 0 saturated carbocycles. The molecular formula is C19H20ClN3O4S. The number of nitro benzene ring substituents is 1. The van der Waals surface area contributed by atoms with Gasteiger partial charge in [-0.2, -0.15) is 11.8 Å². The van der Waals surface area contributed by atoms with E-state index in [0.29, 0.717) is 17.3 Å². The van der Waals surface area contributed by atoms with Gasteiger partial charge in [-0.05, 0) is 37.3 Å². The fourth-order valence-electron chi connectivity index (χ4n) is 2.93. The lowest BCUT2D eigenvalue weighted by Gasteiger charge is -2.29. The Morgan fingerprint density at radius 1 is 1.29 bits per heavy atom. The van der Waals surface area contributed by atoms with E-state index < -0.39 is 10.8 Å². The van der Waals surface area contributed by atoms with Crippen LogP contribution in [0.15, 0.2) is 36.4 Å². The van der Waals surface area contributed by atoms with E-state index in [4.69, 9.17) is 16.3 Å². The van der Waals surface area contributed by atoms with Crippen molar-refractivity contribution in [2.75, 3.05) is 41.4 Å². The molecule has 0 unspecified atom stereocenters. The van der Waals surface area contributed by atoms with Crippen molar-refractivity contribution in [3.8, 4) is 5.75 Å². The van der Waals surface area contributed by atoms with Gasteiger partial charge in [-0.1, -0.05) is 11.6 Å². The highest BCUT2D eigenvalue weighted by Crippen LogP contribution is 2.31. The first kappa shape index (κ1) is 20.3. The Hall–Kier alpha value is -2.45. The van der Waals surface area contributed by atoms with Crippen LogP contribution < -0.4 is 15.0 Å². The summed E-state index contributed by atoms with van der Waals surface area (Å²) in [6.45, 7) is 3.91. The molecule has 2 aromatic carbocycles. The molecule has 0 radical (unpaired) electrons. The number of amides is 1. The van der Waals surface area contributed by atoms with Crippen LogP contribution in [0, 0.1) is 10.1 Å². The molecule has 0 aliphatic carbocycles.